The van der Waals surface area contributed by atoms with Crippen molar-refractivity contribution in [1.82, 2.24) is 4.98 Å². The summed E-state index contributed by atoms with van der Waals surface area (Å²) in [6.07, 6.45) is 1.97. The van der Waals surface area contributed by atoms with E-state index in [-0.39, 0.29) is 11.8 Å². The zero-order valence-electron chi connectivity index (χ0n) is 15.8. The lowest BCUT2D eigenvalue weighted by Crippen LogP contribution is -2.15. The maximum absolute atomic E-state index is 12.2. The fourth-order valence-corrected chi connectivity index (χ4v) is 2.74. The second-order valence-electron chi connectivity index (χ2n) is 6.53. The van der Waals surface area contributed by atoms with E-state index in [2.05, 4.69) is 20.9 Å². The van der Waals surface area contributed by atoms with Crippen LogP contribution in [0.1, 0.15) is 18.1 Å². The van der Waals surface area contributed by atoms with Crippen molar-refractivity contribution in [2.24, 2.45) is 0 Å². The van der Waals surface area contributed by atoms with E-state index in [9.17, 15) is 9.59 Å². The quantitative estimate of drug-likeness (QED) is 0.602. The molecule has 3 rings (SSSR count). The Labute approximate surface area is 164 Å². The first kappa shape index (κ1) is 19.1. The van der Waals surface area contributed by atoms with Gasteiger partial charge in [-0.1, -0.05) is 29.8 Å². The molecule has 142 valence electrons. The van der Waals surface area contributed by atoms with Gasteiger partial charge in [0.25, 0.3) is 0 Å². The molecule has 0 bridgehead atoms. The molecule has 6 nitrogen and oxygen atoms in total. The Morgan fingerprint density at radius 2 is 1.61 bits per heavy atom. The van der Waals surface area contributed by atoms with Gasteiger partial charge in [0.05, 0.1) is 18.3 Å². The van der Waals surface area contributed by atoms with Crippen LogP contribution in [0.15, 0.2) is 66.9 Å². The summed E-state index contributed by atoms with van der Waals surface area (Å²) in [5.74, 6) is 0.293. The minimum Gasteiger partial charge on any atom is -0.354 e. The maximum atomic E-state index is 12.2. The number of nitrogens with zero attached hydrogens (tertiary/aromatic N) is 1. The standard InChI is InChI=1S/C22H22N4O2/c1-15-4-3-5-17(12-15)13-22(28)26-21-11-10-20(14-23-21)25-19-8-6-18(7-9-19)24-16(2)27/h3-12,14,25H,13H2,1-2H3,(H,24,27)(H,23,26,28). The molecule has 6 heteroatoms. The van der Waals surface area contributed by atoms with Crippen LogP contribution < -0.4 is 16.0 Å². The molecular formula is C22H22N4O2. The van der Waals surface area contributed by atoms with Crippen molar-refractivity contribution in [2.45, 2.75) is 20.3 Å². The summed E-state index contributed by atoms with van der Waals surface area (Å²) in [6, 6.07) is 18.8. The first-order valence-corrected chi connectivity index (χ1v) is 8.94. The van der Waals surface area contributed by atoms with E-state index in [0.29, 0.717) is 12.2 Å². The number of amides is 2. The van der Waals surface area contributed by atoms with Crippen LogP contribution in [0.25, 0.3) is 0 Å². The normalized spacial score (nSPS) is 10.2. The smallest absolute Gasteiger partial charge is 0.229 e. The highest BCUT2D eigenvalue weighted by molar-refractivity contribution is 5.91. The highest BCUT2D eigenvalue weighted by Gasteiger charge is 2.06. The summed E-state index contributed by atoms with van der Waals surface area (Å²) < 4.78 is 0. The van der Waals surface area contributed by atoms with Gasteiger partial charge >= 0.3 is 0 Å². The van der Waals surface area contributed by atoms with Crippen LogP contribution in [0.5, 0.6) is 0 Å². The molecule has 0 atom stereocenters. The van der Waals surface area contributed by atoms with Gasteiger partial charge in [0.15, 0.2) is 0 Å². The third kappa shape index (κ3) is 5.67. The van der Waals surface area contributed by atoms with Crippen molar-refractivity contribution in [3.63, 3.8) is 0 Å². The molecule has 1 heterocycles. The number of hydrogen-bond acceptors (Lipinski definition) is 4. The number of rotatable bonds is 6. The van der Waals surface area contributed by atoms with Gasteiger partial charge in [-0.3, -0.25) is 9.59 Å². The molecule has 0 aliphatic carbocycles. The van der Waals surface area contributed by atoms with Crippen LogP contribution in [0.3, 0.4) is 0 Å². The van der Waals surface area contributed by atoms with Crippen LogP contribution in [-0.4, -0.2) is 16.8 Å². The zero-order valence-corrected chi connectivity index (χ0v) is 15.8. The van der Waals surface area contributed by atoms with Gasteiger partial charge in [-0.2, -0.15) is 0 Å². The fraction of sp³-hybridized carbons (Fsp3) is 0.136. The summed E-state index contributed by atoms with van der Waals surface area (Å²) in [6.45, 7) is 3.47. The van der Waals surface area contributed by atoms with E-state index in [4.69, 9.17) is 0 Å². The van der Waals surface area contributed by atoms with Crippen molar-refractivity contribution < 1.29 is 9.59 Å². The highest BCUT2D eigenvalue weighted by atomic mass is 16.2. The van der Waals surface area contributed by atoms with Gasteiger partial charge in [-0.05, 0) is 48.9 Å². The predicted octanol–water partition coefficient (Wildman–Crippen LogP) is 4.27. The molecule has 1 aromatic heterocycles. The largest absolute Gasteiger partial charge is 0.354 e. The Balaban J connectivity index is 1.55. The number of pyridine rings is 1. The molecule has 0 aliphatic rings. The predicted molar refractivity (Wildman–Crippen MR) is 112 cm³/mol. The second-order valence-corrected chi connectivity index (χ2v) is 6.53. The van der Waals surface area contributed by atoms with Gasteiger partial charge in [-0.25, -0.2) is 4.98 Å². The zero-order chi connectivity index (χ0) is 19.9. The van der Waals surface area contributed by atoms with Gasteiger partial charge < -0.3 is 16.0 Å². The van der Waals surface area contributed by atoms with Crippen molar-refractivity contribution in [1.29, 1.82) is 0 Å². The first-order chi connectivity index (χ1) is 13.5. The van der Waals surface area contributed by atoms with E-state index in [1.165, 1.54) is 6.92 Å². The highest BCUT2D eigenvalue weighted by Crippen LogP contribution is 2.19. The molecule has 0 saturated carbocycles. The molecule has 0 fully saturated rings. The van der Waals surface area contributed by atoms with Gasteiger partial charge in [0, 0.05) is 18.3 Å². The molecule has 0 unspecified atom stereocenters. The topological polar surface area (TPSA) is 83.1 Å². The average Bonchev–Trinajstić information content (AvgIpc) is 2.64. The number of hydrogen-bond donors (Lipinski definition) is 3. The average molecular weight is 374 g/mol. The Bertz CT molecular complexity index is 967. The summed E-state index contributed by atoms with van der Waals surface area (Å²) >= 11 is 0. The number of aromatic nitrogens is 1. The van der Waals surface area contributed by atoms with E-state index in [1.807, 2.05) is 61.5 Å². The SMILES string of the molecule is CC(=O)Nc1ccc(Nc2ccc(NC(=O)Cc3cccc(C)c3)nc2)cc1. The van der Waals surface area contributed by atoms with Crippen molar-refractivity contribution in [2.75, 3.05) is 16.0 Å². The minimum absolute atomic E-state index is 0.104. The van der Waals surface area contributed by atoms with Gasteiger partial charge in [0.2, 0.25) is 11.8 Å². The number of carbonyl (C=O) groups is 2. The first-order valence-electron chi connectivity index (χ1n) is 8.94. The minimum atomic E-state index is -0.107. The van der Waals surface area contributed by atoms with Gasteiger partial charge in [-0.15, -0.1) is 0 Å². The molecule has 0 spiro atoms. The lowest BCUT2D eigenvalue weighted by Gasteiger charge is -2.09. The molecule has 28 heavy (non-hydrogen) atoms. The Kier molecular flexibility index (Phi) is 6.01. The number of benzene rings is 2. The molecule has 3 aromatic rings. The number of carbonyl (C=O) groups excluding carboxylic acids is 2. The van der Waals surface area contributed by atoms with E-state index < -0.39 is 0 Å². The van der Waals surface area contributed by atoms with Crippen molar-refractivity contribution >= 4 is 34.7 Å². The van der Waals surface area contributed by atoms with E-state index in [0.717, 1.165) is 28.2 Å². The molecule has 2 amide bonds. The molecule has 0 saturated heterocycles. The van der Waals surface area contributed by atoms with Crippen LogP contribution in [-0.2, 0) is 16.0 Å². The summed E-state index contributed by atoms with van der Waals surface area (Å²) in [5.41, 5.74) is 4.50. The Hall–Kier alpha value is -3.67. The molecule has 3 N–H and O–H groups in total. The number of aryl methyl sites for hydroxylation is 1. The molecule has 0 radical (unpaired) electrons. The Morgan fingerprint density at radius 1 is 0.893 bits per heavy atom. The van der Waals surface area contributed by atoms with E-state index in [1.54, 1.807) is 12.3 Å². The van der Waals surface area contributed by atoms with E-state index >= 15 is 0 Å². The maximum Gasteiger partial charge on any atom is 0.229 e. The molecular weight excluding hydrogens is 352 g/mol. The fourth-order valence-electron chi connectivity index (χ4n) is 2.74. The van der Waals surface area contributed by atoms with Crippen LogP contribution in [0.2, 0.25) is 0 Å². The monoisotopic (exact) mass is 374 g/mol. The molecule has 0 aliphatic heterocycles. The Morgan fingerprint density at radius 3 is 2.25 bits per heavy atom. The van der Waals surface area contributed by atoms with Crippen LogP contribution in [0, 0.1) is 6.92 Å². The van der Waals surface area contributed by atoms with Crippen LogP contribution >= 0.6 is 0 Å². The summed E-state index contributed by atoms with van der Waals surface area (Å²) in [7, 11) is 0. The summed E-state index contributed by atoms with van der Waals surface area (Å²) in [5, 5.41) is 8.75. The van der Waals surface area contributed by atoms with Crippen molar-refractivity contribution in [3.8, 4) is 0 Å². The lowest BCUT2D eigenvalue weighted by atomic mass is 10.1. The third-order valence-electron chi connectivity index (χ3n) is 3.97. The summed E-state index contributed by atoms with van der Waals surface area (Å²) in [4.78, 5) is 27.5. The van der Waals surface area contributed by atoms with Gasteiger partial charge in [0.1, 0.15) is 5.82 Å². The third-order valence-corrected chi connectivity index (χ3v) is 3.97. The van der Waals surface area contributed by atoms with Crippen LogP contribution in [0.4, 0.5) is 22.9 Å². The molecule has 2 aromatic carbocycles. The number of nitrogens with one attached hydrogen (secondary N) is 3. The second kappa shape index (κ2) is 8.81. The van der Waals surface area contributed by atoms with Crippen molar-refractivity contribution in [3.05, 3.63) is 78.0 Å². The lowest BCUT2D eigenvalue weighted by molar-refractivity contribution is -0.116. The number of anilines is 4.